The molecule has 1 fully saturated rings. The van der Waals surface area contributed by atoms with Crippen molar-refractivity contribution in [1.82, 2.24) is 4.90 Å². The molecule has 0 aromatic rings. The van der Waals surface area contributed by atoms with Gasteiger partial charge in [-0.25, -0.2) is 0 Å². The summed E-state index contributed by atoms with van der Waals surface area (Å²) in [5.41, 5.74) is 5.86. The average molecular weight is 408 g/mol. The van der Waals surface area contributed by atoms with Gasteiger partial charge in [-0.05, 0) is 26.3 Å². The first-order chi connectivity index (χ1) is 6.17. The number of nitrogens with two attached hydrogens (primary N) is 1. The molecule has 2 nitrogen and oxygen atoms in total. The van der Waals surface area contributed by atoms with E-state index in [1.54, 1.807) is 0 Å². The third-order valence-electron chi connectivity index (χ3n) is 2.46. The third-order valence-corrected chi connectivity index (χ3v) is 2.46. The molecule has 2 atom stereocenters. The maximum atomic E-state index is 5.86. The van der Waals surface area contributed by atoms with E-state index in [1.807, 2.05) is 0 Å². The summed E-state index contributed by atoms with van der Waals surface area (Å²) in [7, 11) is 9.75. The number of rotatable bonds is 2. The van der Waals surface area contributed by atoms with Crippen LogP contribution in [-0.2, 0) is 16.5 Å². The Labute approximate surface area is 97.5 Å². The fraction of sp³-hybridized carbons (Fsp3) is 1.00. The quantitative estimate of drug-likeness (QED) is 0.760. The van der Waals surface area contributed by atoms with Gasteiger partial charge in [0.25, 0.3) is 0 Å². The SMILES string of the molecule is CCCN1CCC(N)C1C.[Cl][Pt][Cl]. The molecule has 2 unspecified atom stereocenters. The molecule has 1 rings (SSSR count). The Morgan fingerprint density at radius 1 is 1.54 bits per heavy atom. The van der Waals surface area contributed by atoms with Crippen LogP contribution in [-0.4, -0.2) is 30.1 Å². The molecule has 1 aliphatic rings. The van der Waals surface area contributed by atoms with Crippen molar-refractivity contribution >= 4 is 18.8 Å². The molecular weight excluding hydrogens is 390 g/mol. The molecule has 1 heterocycles. The van der Waals surface area contributed by atoms with Crippen LogP contribution in [0.1, 0.15) is 26.7 Å². The van der Waals surface area contributed by atoms with E-state index in [1.165, 1.54) is 25.9 Å². The van der Waals surface area contributed by atoms with Crippen molar-refractivity contribution < 1.29 is 16.5 Å². The van der Waals surface area contributed by atoms with Gasteiger partial charge >= 0.3 is 35.3 Å². The van der Waals surface area contributed by atoms with Crippen LogP contribution in [0.15, 0.2) is 0 Å². The fourth-order valence-corrected chi connectivity index (χ4v) is 1.63. The summed E-state index contributed by atoms with van der Waals surface area (Å²) in [6.07, 6.45) is 2.43. The van der Waals surface area contributed by atoms with Crippen molar-refractivity contribution in [2.75, 3.05) is 13.1 Å². The fourth-order valence-electron chi connectivity index (χ4n) is 1.63. The van der Waals surface area contributed by atoms with Crippen LogP contribution in [0, 0.1) is 0 Å². The first-order valence-corrected chi connectivity index (χ1v) is 10.1. The molecule has 2 N–H and O–H groups in total. The summed E-state index contributed by atoms with van der Waals surface area (Å²) >= 11 is -0.472. The summed E-state index contributed by atoms with van der Waals surface area (Å²) in [6.45, 7) is 6.87. The zero-order valence-electron chi connectivity index (χ0n) is 8.08. The zero-order chi connectivity index (χ0) is 10.3. The summed E-state index contributed by atoms with van der Waals surface area (Å²) < 4.78 is 0. The maximum absolute atomic E-state index is 5.86. The Balaban J connectivity index is 0.000000424. The molecule has 0 aliphatic carbocycles. The van der Waals surface area contributed by atoms with Gasteiger partial charge < -0.3 is 5.73 Å². The number of likely N-dealkylation sites (tertiary alicyclic amines) is 1. The molecule has 0 amide bonds. The number of nitrogens with zero attached hydrogens (tertiary/aromatic N) is 1. The van der Waals surface area contributed by atoms with Crippen LogP contribution in [0.4, 0.5) is 0 Å². The van der Waals surface area contributed by atoms with Crippen LogP contribution in [0.25, 0.3) is 0 Å². The Hall–Kier alpha value is 1.19. The molecule has 5 heteroatoms. The van der Waals surface area contributed by atoms with Gasteiger partial charge in [0, 0.05) is 18.6 Å². The van der Waals surface area contributed by atoms with E-state index in [9.17, 15) is 0 Å². The van der Waals surface area contributed by atoms with Crippen molar-refractivity contribution in [3.63, 3.8) is 0 Å². The van der Waals surface area contributed by atoms with Gasteiger partial charge in [0.15, 0.2) is 0 Å². The number of hydrogen-bond donors (Lipinski definition) is 1. The molecular formula is C8H18Cl2N2Pt. The summed E-state index contributed by atoms with van der Waals surface area (Å²) in [4.78, 5) is 2.48. The molecule has 0 aromatic heterocycles. The molecule has 1 saturated heterocycles. The Morgan fingerprint density at radius 3 is 2.38 bits per heavy atom. The van der Waals surface area contributed by atoms with E-state index in [0.717, 1.165) is 0 Å². The van der Waals surface area contributed by atoms with Crippen LogP contribution in [0.2, 0.25) is 0 Å². The molecule has 0 spiro atoms. The minimum absolute atomic E-state index is 0.423. The van der Waals surface area contributed by atoms with Gasteiger partial charge in [-0.3, -0.25) is 4.90 Å². The first-order valence-electron chi connectivity index (χ1n) is 4.49. The van der Waals surface area contributed by atoms with Crippen molar-refractivity contribution in [1.29, 1.82) is 0 Å². The van der Waals surface area contributed by atoms with E-state index in [0.29, 0.717) is 12.1 Å². The molecule has 1 aliphatic heterocycles. The van der Waals surface area contributed by atoms with Crippen LogP contribution >= 0.6 is 18.8 Å². The van der Waals surface area contributed by atoms with Gasteiger partial charge in [-0.1, -0.05) is 6.92 Å². The zero-order valence-corrected chi connectivity index (χ0v) is 11.9. The first kappa shape index (κ1) is 14.2. The monoisotopic (exact) mass is 407 g/mol. The van der Waals surface area contributed by atoms with Crippen molar-refractivity contribution in [3.8, 4) is 0 Å². The summed E-state index contributed by atoms with van der Waals surface area (Å²) in [5, 5.41) is 0. The van der Waals surface area contributed by atoms with E-state index >= 15 is 0 Å². The molecule has 13 heavy (non-hydrogen) atoms. The number of hydrogen-bond acceptors (Lipinski definition) is 2. The molecule has 0 saturated carbocycles. The average Bonchev–Trinajstić information content (AvgIpc) is 2.38. The van der Waals surface area contributed by atoms with E-state index in [4.69, 9.17) is 24.6 Å². The summed E-state index contributed by atoms with van der Waals surface area (Å²) in [5.74, 6) is 0. The van der Waals surface area contributed by atoms with Crippen molar-refractivity contribution in [3.05, 3.63) is 0 Å². The predicted octanol–water partition coefficient (Wildman–Crippen LogP) is 2.19. The van der Waals surface area contributed by atoms with Crippen molar-refractivity contribution in [2.45, 2.75) is 38.8 Å². The Kier molecular flexibility index (Phi) is 9.27. The third kappa shape index (κ3) is 5.59. The predicted molar refractivity (Wildman–Crippen MR) is 55.6 cm³/mol. The van der Waals surface area contributed by atoms with E-state index in [-0.39, 0.29) is 0 Å². The molecule has 0 aromatic carbocycles. The second kappa shape index (κ2) is 8.49. The molecule has 0 bridgehead atoms. The molecule has 84 valence electrons. The minimum atomic E-state index is -0.472. The standard InChI is InChI=1S/C8H18N2.2ClH.Pt/c1-3-5-10-6-4-8(9)7(10)2;;;/h7-8H,3-6,9H2,1-2H3;2*1H;/q;;;+2/p-2. The van der Waals surface area contributed by atoms with E-state index in [2.05, 4.69) is 18.7 Å². The van der Waals surface area contributed by atoms with Gasteiger partial charge in [0.1, 0.15) is 0 Å². The molecule has 0 radical (unpaired) electrons. The van der Waals surface area contributed by atoms with Gasteiger partial charge in [0.2, 0.25) is 0 Å². The Bertz CT molecular complexity index is 125. The Morgan fingerprint density at radius 2 is 2.08 bits per heavy atom. The van der Waals surface area contributed by atoms with Crippen LogP contribution in [0.5, 0.6) is 0 Å². The second-order valence-electron chi connectivity index (χ2n) is 3.27. The topological polar surface area (TPSA) is 29.3 Å². The van der Waals surface area contributed by atoms with Gasteiger partial charge in [-0.2, -0.15) is 0 Å². The van der Waals surface area contributed by atoms with Crippen LogP contribution in [0.3, 0.4) is 0 Å². The van der Waals surface area contributed by atoms with Gasteiger partial charge in [-0.15, -0.1) is 0 Å². The van der Waals surface area contributed by atoms with Gasteiger partial charge in [0.05, 0.1) is 0 Å². The normalized spacial score (nSPS) is 28.7. The summed E-state index contributed by atoms with van der Waals surface area (Å²) in [6, 6.07) is 1.03. The van der Waals surface area contributed by atoms with E-state index < -0.39 is 16.5 Å². The van der Waals surface area contributed by atoms with Crippen molar-refractivity contribution in [2.24, 2.45) is 5.73 Å². The van der Waals surface area contributed by atoms with Crippen LogP contribution < -0.4 is 5.73 Å². The second-order valence-corrected chi connectivity index (χ2v) is 6.56. The number of halogens is 2.